The summed E-state index contributed by atoms with van der Waals surface area (Å²) in [5.41, 5.74) is 3.51. The van der Waals surface area contributed by atoms with Crippen molar-refractivity contribution in [1.82, 2.24) is 9.97 Å². The van der Waals surface area contributed by atoms with Gasteiger partial charge in [-0.05, 0) is 24.6 Å². The number of rotatable bonds is 4. The second-order valence-corrected chi connectivity index (χ2v) is 5.49. The van der Waals surface area contributed by atoms with E-state index in [0.29, 0.717) is 0 Å². The minimum atomic E-state index is -3.79. The number of nitrogens with one attached hydrogen (secondary N) is 2. The molecule has 100 valence electrons. The molecular formula is C11H13N5O2S. The molecule has 2 aromatic rings. The lowest BCUT2D eigenvalue weighted by atomic mass is 10.3. The van der Waals surface area contributed by atoms with Crippen LogP contribution in [0.2, 0.25) is 0 Å². The summed E-state index contributed by atoms with van der Waals surface area (Å²) in [5, 5.41) is 0. The Labute approximate surface area is 110 Å². The van der Waals surface area contributed by atoms with E-state index in [0.717, 1.165) is 5.56 Å². The molecule has 8 heteroatoms. The topological polar surface area (TPSA) is 110 Å². The Balaban J connectivity index is 2.35. The molecule has 2 aromatic heterocycles. The smallest absolute Gasteiger partial charge is 0.266 e. The third-order valence-electron chi connectivity index (χ3n) is 2.38. The second-order valence-electron chi connectivity index (χ2n) is 3.84. The third kappa shape index (κ3) is 2.98. The van der Waals surface area contributed by atoms with Crippen LogP contribution in [0, 0.1) is 6.92 Å². The van der Waals surface area contributed by atoms with Gasteiger partial charge in [-0.1, -0.05) is 6.07 Å². The first-order valence-corrected chi connectivity index (χ1v) is 6.87. The maximum atomic E-state index is 12.2. The SMILES string of the molecule is Cc1ccc(NS(=O)(=O)c2cnccc2NN)nc1. The van der Waals surface area contributed by atoms with Crippen molar-refractivity contribution in [3.05, 3.63) is 42.4 Å². The van der Waals surface area contributed by atoms with Crippen LogP contribution in [0.5, 0.6) is 0 Å². The minimum absolute atomic E-state index is 0.0418. The van der Waals surface area contributed by atoms with Gasteiger partial charge in [-0.15, -0.1) is 0 Å². The largest absolute Gasteiger partial charge is 0.323 e. The molecule has 0 saturated carbocycles. The van der Waals surface area contributed by atoms with Gasteiger partial charge in [0.2, 0.25) is 0 Å². The number of nitrogens with two attached hydrogens (primary N) is 1. The van der Waals surface area contributed by atoms with Gasteiger partial charge in [-0.2, -0.15) is 0 Å². The Hall–Kier alpha value is -2.19. The summed E-state index contributed by atoms with van der Waals surface area (Å²) < 4.78 is 26.7. The molecule has 4 N–H and O–H groups in total. The summed E-state index contributed by atoms with van der Waals surface area (Å²) in [6.45, 7) is 1.86. The predicted octanol–water partition coefficient (Wildman–Crippen LogP) is 0.871. The van der Waals surface area contributed by atoms with Crippen molar-refractivity contribution < 1.29 is 8.42 Å². The van der Waals surface area contributed by atoms with Crippen molar-refractivity contribution in [1.29, 1.82) is 0 Å². The first kappa shape index (κ1) is 13.2. The average molecular weight is 279 g/mol. The number of hydrogen-bond donors (Lipinski definition) is 3. The van der Waals surface area contributed by atoms with E-state index < -0.39 is 10.0 Å². The minimum Gasteiger partial charge on any atom is -0.323 e. The fourth-order valence-electron chi connectivity index (χ4n) is 1.43. The summed E-state index contributed by atoms with van der Waals surface area (Å²) in [4.78, 5) is 7.72. The highest BCUT2D eigenvalue weighted by Gasteiger charge is 2.19. The number of aryl methyl sites for hydroxylation is 1. The van der Waals surface area contributed by atoms with Crippen LogP contribution in [0.1, 0.15) is 5.56 Å². The Kier molecular flexibility index (Phi) is 3.63. The summed E-state index contributed by atoms with van der Waals surface area (Å²) in [7, 11) is -3.79. The van der Waals surface area contributed by atoms with Crippen LogP contribution in [0.3, 0.4) is 0 Å². The predicted molar refractivity (Wildman–Crippen MR) is 71.8 cm³/mol. The van der Waals surface area contributed by atoms with Gasteiger partial charge in [-0.25, -0.2) is 13.4 Å². The lowest BCUT2D eigenvalue weighted by molar-refractivity contribution is 0.601. The third-order valence-corrected chi connectivity index (χ3v) is 3.76. The van der Waals surface area contributed by atoms with Crippen LogP contribution in [0.15, 0.2) is 41.7 Å². The van der Waals surface area contributed by atoms with E-state index in [4.69, 9.17) is 5.84 Å². The maximum absolute atomic E-state index is 12.2. The van der Waals surface area contributed by atoms with E-state index in [9.17, 15) is 8.42 Å². The molecule has 0 aromatic carbocycles. The van der Waals surface area contributed by atoms with E-state index in [2.05, 4.69) is 20.1 Å². The van der Waals surface area contributed by atoms with Gasteiger partial charge in [0.15, 0.2) is 0 Å². The van der Waals surface area contributed by atoms with Crippen molar-refractivity contribution in [2.75, 3.05) is 10.1 Å². The summed E-state index contributed by atoms with van der Waals surface area (Å²) in [6, 6.07) is 4.81. The van der Waals surface area contributed by atoms with E-state index in [1.807, 2.05) is 6.92 Å². The van der Waals surface area contributed by atoms with Crippen molar-refractivity contribution in [2.24, 2.45) is 5.84 Å². The van der Waals surface area contributed by atoms with Crippen LogP contribution in [0.25, 0.3) is 0 Å². The molecular weight excluding hydrogens is 266 g/mol. The van der Waals surface area contributed by atoms with Crippen LogP contribution in [-0.4, -0.2) is 18.4 Å². The first-order valence-electron chi connectivity index (χ1n) is 5.39. The van der Waals surface area contributed by atoms with E-state index in [1.54, 1.807) is 18.3 Å². The number of nitrogen functional groups attached to an aromatic ring is 1. The lowest BCUT2D eigenvalue weighted by Crippen LogP contribution is -2.18. The molecule has 0 spiro atoms. The Morgan fingerprint density at radius 1 is 1.21 bits per heavy atom. The molecule has 0 unspecified atom stereocenters. The van der Waals surface area contributed by atoms with Gasteiger partial charge in [0.1, 0.15) is 10.7 Å². The van der Waals surface area contributed by atoms with Crippen molar-refractivity contribution >= 4 is 21.5 Å². The van der Waals surface area contributed by atoms with Crippen molar-refractivity contribution in [3.8, 4) is 0 Å². The molecule has 0 bridgehead atoms. The highest BCUT2D eigenvalue weighted by Crippen LogP contribution is 2.20. The average Bonchev–Trinajstić information content (AvgIpc) is 2.41. The molecule has 0 aliphatic carbocycles. The van der Waals surface area contributed by atoms with Crippen LogP contribution in [-0.2, 0) is 10.0 Å². The second kappa shape index (κ2) is 5.21. The van der Waals surface area contributed by atoms with Gasteiger partial charge in [0.05, 0.1) is 5.69 Å². The molecule has 0 aliphatic heterocycles. The number of hydrazine groups is 1. The zero-order valence-electron chi connectivity index (χ0n) is 10.2. The Bertz CT molecular complexity index is 670. The molecule has 7 nitrogen and oxygen atoms in total. The zero-order chi connectivity index (χ0) is 13.9. The van der Waals surface area contributed by atoms with Gasteiger partial charge < -0.3 is 5.43 Å². The Morgan fingerprint density at radius 3 is 2.63 bits per heavy atom. The highest BCUT2D eigenvalue weighted by molar-refractivity contribution is 7.92. The normalized spacial score (nSPS) is 11.1. The fraction of sp³-hybridized carbons (Fsp3) is 0.0909. The van der Waals surface area contributed by atoms with Crippen molar-refractivity contribution in [3.63, 3.8) is 0 Å². The van der Waals surface area contributed by atoms with Crippen LogP contribution < -0.4 is 16.0 Å². The summed E-state index contributed by atoms with van der Waals surface area (Å²) >= 11 is 0. The molecule has 0 radical (unpaired) electrons. The maximum Gasteiger partial charge on any atom is 0.266 e. The number of sulfonamides is 1. The molecule has 2 rings (SSSR count). The standard InChI is InChI=1S/C11H13N5O2S/c1-8-2-3-11(14-6-8)16-19(17,18)10-7-13-5-4-9(10)15-12/h2-7H,12H2,1H3,(H,13,15)(H,14,16). The molecule has 0 amide bonds. The van der Waals surface area contributed by atoms with Gasteiger partial charge >= 0.3 is 0 Å². The number of aromatic nitrogens is 2. The molecule has 19 heavy (non-hydrogen) atoms. The Morgan fingerprint density at radius 2 is 2.00 bits per heavy atom. The number of anilines is 2. The van der Waals surface area contributed by atoms with Gasteiger partial charge in [-0.3, -0.25) is 15.5 Å². The first-order chi connectivity index (χ1) is 9.03. The fourth-order valence-corrected chi connectivity index (χ4v) is 2.56. The van der Waals surface area contributed by atoms with Crippen LogP contribution >= 0.6 is 0 Å². The van der Waals surface area contributed by atoms with Crippen molar-refractivity contribution in [2.45, 2.75) is 11.8 Å². The van der Waals surface area contributed by atoms with E-state index >= 15 is 0 Å². The number of pyridine rings is 2. The van der Waals surface area contributed by atoms with E-state index in [-0.39, 0.29) is 16.4 Å². The van der Waals surface area contributed by atoms with Crippen LogP contribution in [0.4, 0.5) is 11.5 Å². The number of nitrogens with zero attached hydrogens (tertiary/aromatic N) is 2. The molecule has 0 atom stereocenters. The molecule has 0 aliphatic rings. The van der Waals surface area contributed by atoms with Gasteiger partial charge in [0, 0.05) is 18.6 Å². The summed E-state index contributed by atoms with van der Waals surface area (Å²) in [6.07, 6.45) is 4.23. The lowest BCUT2D eigenvalue weighted by Gasteiger charge is -2.10. The molecule has 0 saturated heterocycles. The zero-order valence-corrected chi connectivity index (χ0v) is 11.0. The van der Waals surface area contributed by atoms with E-state index in [1.165, 1.54) is 18.5 Å². The molecule has 2 heterocycles. The monoisotopic (exact) mass is 279 g/mol. The summed E-state index contributed by atoms with van der Waals surface area (Å²) in [5.74, 6) is 5.51. The molecule has 0 fully saturated rings. The van der Waals surface area contributed by atoms with Gasteiger partial charge in [0.25, 0.3) is 10.0 Å². The highest BCUT2D eigenvalue weighted by atomic mass is 32.2. The quantitative estimate of drug-likeness (QED) is 0.566. The number of hydrogen-bond acceptors (Lipinski definition) is 6.